The number of hydrogen-bond donors (Lipinski definition) is 2. The molecule has 3 N–H and O–H groups in total. The van der Waals surface area contributed by atoms with Gasteiger partial charge in [-0.15, -0.1) is 0 Å². The summed E-state index contributed by atoms with van der Waals surface area (Å²) in [5.74, 6) is -1.96. The lowest BCUT2D eigenvalue weighted by molar-refractivity contribution is 0.0990. The molecule has 0 radical (unpaired) electrons. The zero-order valence-electron chi connectivity index (χ0n) is 5.30. The van der Waals surface area contributed by atoms with Crippen LogP contribution in [-0.2, 0) is 0 Å². The highest BCUT2D eigenvalue weighted by atomic mass is 19.1. The van der Waals surface area contributed by atoms with Gasteiger partial charge >= 0.3 is 5.69 Å². The molecule has 0 saturated carbocycles. The maximum Gasteiger partial charge on any atom is 0.345 e. The lowest BCUT2D eigenvalue weighted by atomic mass is 10.4. The molecule has 11 heavy (non-hydrogen) atoms. The average molecular weight is 157 g/mol. The molecule has 58 valence electrons. The maximum atomic E-state index is 12.5. The smallest absolute Gasteiger partial charge is 0.345 e. The summed E-state index contributed by atoms with van der Waals surface area (Å²) < 4.78 is 12.5. The van der Waals surface area contributed by atoms with Gasteiger partial charge in [-0.2, -0.15) is 4.98 Å². The van der Waals surface area contributed by atoms with Crippen LogP contribution >= 0.6 is 0 Å². The van der Waals surface area contributed by atoms with E-state index in [2.05, 4.69) is 4.98 Å². The van der Waals surface area contributed by atoms with Crippen LogP contribution < -0.4 is 11.4 Å². The standard InChI is InChI=1S/C5H4FN3O2/c6-2-1-8-5(11)9-3(2)4(7)10/h1H,(H2,7,10)(H,8,9,11). The second-order valence-electron chi connectivity index (χ2n) is 1.78. The topological polar surface area (TPSA) is 88.8 Å². The van der Waals surface area contributed by atoms with Gasteiger partial charge in [-0.25, -0.2) is 9.18 Å². The molecule has 0 aliphatic carbocycles. The molecule has 0 saturated heterocycles. The van der Waals surface area contributed by atoms with E-state index in [1.807, 2.05) is 4.98 Å². The Morgan fingerprint density at radius 1 is 1.73 bits per heavy atom. The molecular weight excluding hydrogens is 153 g/mol. The Labute approximate surface area is 60.1 Å². The third-order valence-electron chi connectivity index (χ3n) is 1.01. The summed E-state index contributed by atoms with van der Waals surface area (Å²) in [6.45, 7) is 0. The van der Waals surface area contributed by atoms with Gasteiger partial charge < -0.3 is 5.73 Å². The number of nitrogens with one attached hydrogen (secondary N) is 1. The third kappa shape index (κ3) is 1.40. The maximum absolute atomic E-state index is 12.5. The molecule has 1 aromatic heterocycles. The Hall–Kier alpha value is -1.72. The van der Waals surface area contributed by atoms with E-state index in [0.29, 0.717) is 6.20 Å². The fourth-order valence-electron chi connectivity index (χ4n) is 0.558. The molecule has 0 unspecified atom stereocenters. The molecule has 0 fully saturated rings. The van der Waals surface area contributed by atoms with Crippen molar-refractivity contribution in [2.75, 3.05) is 0 Å². The molecule has 0 aromatic carbocycles. The van der Waals surface area contributed by atoms with E-state index in [-0.39, 0.29) is 0 Å². The van der Waals surface area contributed by atoms with E-state index in [9.17, 15) is 14.0 Å². The summed E-state index contributed by atoms with van der Waals surface area (Å²) in [4.78, 5) is 25.7. The van der Waals surface area contributed by atoms with Crippen LogP contribution in [-0.4, -0.2) is 15.9 Å². The minimum Gasteiger partial charge on any atom is -0.364 e. The molecule has 5 nitrogen and oxygen atoms in total. The summed E-state index contributed by atoms with van der Waals surface area (Å²) in [5, 5.41) is 0. The van der Waals surface area contributed by atoms with Gasteiger partial charge in [-0.1, -0.05) is 0 Å². The predicted molar refractivity (Wildman–Crippen MR) is 33.3 cm³/mol. The van der Waals surface area contributed by atoms with Gasteiger partial charge in [0.2, 0.25) is 0 Å². The Balaban J connectivity index is 3.35. The second-order valence-corrected chi connectivity index (χ2v) is 1.78. The Morgan fingerprint density at radius 2 is 2.36 bits per heavy atom. The van der Waals surface area contributed by atoms with Crippen LogP contribution in [0.5, 0.6) is 0 Å². The van der Waals surface area contributed by atoms with Gasteiger partial charge in [0.1, 0.15) is 5.69 Å². The number of primary amides is 1. The minimum absolute atomic E-state index is 0.551. The first-order valence-corrected chi connectivity index (χ1v) is 2.66. The number of carbonyl (C=O) groups excluding carboxylic acids is 1. The number of amides is 1. The van der Waals surface area contributed by atoms with E-state index < -0.39 is 23.1 Å². The van der Waals surface area contributed by atoms with Crippen LogP contribution in [0.4, 0.5) is 4.39 Å². The van der Waals surface area contributed by atoms with Crippen molar-refractivity contribution in [2.24, 2.45) is 5.73 Å². The highest BCUT2D eigenvalue weighted by molar-refractivity contribution is 5.90. The number of rotatable bonds is 1. The van der Waals surface area contributed by atoms with Crippen molar-refractivity contribution in [3.05, 3.63) is 28.2 Å². The Morgan fingerprint density at radius 3 is 2.82 bits per heavy atom. The van der Waals surface area contributed by atoms with Gasteiger partial charge in [0, 0.05) is 0 Å². The largest absolute Gasteiger partial charge is 0.364 e. The van der Waals surface area contributed by atoms with Gasteiger partial charge in [0.05, 0.1) is 6.20 Å². The number of nitrogens with two attached hydrogens (primary N) is 1. The predicted octanol–water partition coefficient (Wildman–Crippen LogP) is -0.992. The molecule has 0 aliphatic heterocycles. The van der Waals surface area contributed by atoms with Crippen molar-refractivity contribution in [1.82, 2.24) is 9.97 Å². The first-order valence-electron chi connectivity index (χ1n) is 2.66. The van der Waals surface area contributed by atoms with Crippen molar-refractivity contribution in [3.63, 3.8) is 0 Å². The SMILES string of the molecule is NC(=O)c1[nH]c(=O)ncc1F. The molecule has 1 amide bonds. The molecule has 1 rings (SSSR count). The van der Waals surface area contributed by atoms with Crippen LogP contribution in [0, 0.1) is 5.82 Å². The molecule has 0 spiro atoms. The van der Waals surface area contributed by atoms with Gasteiger partial charge in [-0.3, -0.25) is 9.78 Å². The van der Waals surface area contributed by atoms with Gasteiger partial charge in [-0.05, 0) is 0 Å². The number of nitrogens with zero attached hydrogens (tertiary/aromatic N) is 1. The van der Waals surface area contributed by atoms with E-state index in [0.717, 1.165) is 0 Å². The summed E-state index contributed by atoms with van der Waals surface area (Å²) >= 11 is 0. The molecule has 0 bridgehead atoms. The van der Waals surface area contributed by atoms with Crippen molar-refractivity contribution >= 4 is 5.91 Å². The lowest BCUT2D eigenvalue weighted by Crippen LogP contribution is -2.22. The summed E-state index contributed by atoms with van der Waals surface area (Å²) in [6, 6.07) is 0. The third-order valence-corrected chi connectivity index (χ3v) is 1.01. The fraction of sp³-hybridized carbons (Fsp3) is 0. The molecule has 1 aromatic rings. The van der Waals surface area contributed by atoms with Crippen molar-refractivity contribution in [3.8, 4) is 0 Å². The van der Waals surface area contributed by atoms with E-state index in [1.54, 1.807) is 0 Å². The van der Waals surface area contributed by atoms with Crippen LogP contribution in [0.25, 0.3) is 0 Å². The molecule has 0 atom stereocenters. The van der Waals surface area contributed by atoms with Crippen LogP contribution in [0.15, 0.2) is 11.0 Å². The first-order chi connectivity index (χ1) is 5.11. The number of hydrogen-bond acceptors (Lipinski definition) is 3. The highest BCUT2D eigenvalue weighted by Gasteiger charge is 2.08. The summed E-state index contributed by atoms with van der Waals surface area (Å²) in [7, 11) is 0. The molecule has 6 heteroatoms. The van der Waals surface area contributed by atoms with Crippen LogP contribution in [0.3, 0.4) is 0 Å². The monoisotopic (exact) mass is 157 g/mol. The molecular formula is C5H4FN3O2. The molecule has 0 aliphatic rings. The lowest BCUT2D eigenvalue weighted by Gasteiger charge is -1.93. The highest BCUT2D eigenvalue weighted by Crippen LogP contribution is 1.95. The second kappa shape index (κ2) is 2.49. The van der Waals surface area contributed by atoms with E-state index in [4.69, 9.17) is 5.73 Å². The summed E-state index contributed by atoms with van der Waals surface area (Å²) in [6.07, 6.45) is 0.638. The fourth-order valence-corrected chi connectivity index (χ4v) is 0.558. The van der Waals surface area contributed by atoms with Crippen molar-refractivity contribution in [1.29, 1.82) is 0 Å². The summed E-state index contributed by atoms with van der Waals surface area (Å²) in [5.41, 5.74) is 3.35. The van der Waals surface area contributed by atoms with Gasteiger partial charge in [0.15, 0.2) is 5.82 Å². The first kappa shape index (κ1) is 7.39. The van der Waals surface area contributed by atoms with Crippen molar-refractivity contribution < 1.29 is 9.18 Å². The number of H-pyrrole nitrogens is 1. The number of aromatic nitrogens is 2. The average Bonchev–Trinajstić information content (AvgIpc) is 1.94. The normalized spacial score (nSPS) is 9.55. The zero-order valence-corrected chi connectivity index (χ0v) is 5.30. The van der Waals surface area contributed by atoms with Crippen LogP contribution in [0.1, 0.15) is 10.5 Å². The zero-order chi connectivity index (χ0) is 8.43. The number of carbonyl (C=O) groups is 1. The Bertz CT molecular complexity index is 346. The van der Waals surface area contributed by atoms with E-state index >= 15 is 0 Å². The van der Waals surface area contributed by atoms with Gasteiger partial charge in [0.25, 0.3) is 5.91 Å². The van der Waals surface area contributed by atoms with Crippen molar-refractivity contribution in [2.45, 2.75) is 0 Å². The quantitative estimate of drug-likeness (QED) is 0.548. The van der Waals surface area contributed by atoms with E-state index in [1.165, 1.54) is 0 Å². The Kier molecular flexibility index (Phi) is 1.67. The minimum atomic E-state index is -1.03. The van der Waals surface area contributed by atoms with Crippen LogP contribution in [0.2, 0.25) is 0 Å². The molecule has 1 heterocycles. The number of aromatic amines is 1. The number of halogens is 1.